The number of hydrogen-bond acceptors (Lipinski definition) is 5. The molecule has 2 unspecified atom stereocenters. The SMILES string of the molecule is CCCCCCCCCCCCCCCCCCCCCCCC(O)C(CO)NC(=O)CCCCCCCCCCCCCCCCC/C=C\C/C=C\CCCCCCCCCCCOC(=O)CCCCCCCCCCCCCCCCCC. The smallest absolute Gasteiger partial charge is 0.305 e. The maximum absolute atomic E-state index is 12.6. The summed E-state index contributed by atoms with van der Waals surface area (Å²) in [6, 6.07) is -0.542. The number of allylic oxidation sites excluding steroid dienone is 4. The molecule has 1 amide bonds. The zero-order valence-corrected chi connectivity index (χ0v) is 57.9. The Morgan fingerprint density at radius 3 is 0.894 bits per heavy atom. The molecule has 2 atom stereocenters. The summed E-state index contributed by atoms with van der Waals surface area (Å²) < 4.78 is 5.50. The van der Waals surface area contributed by atoms with E-state index in [4.69, 9.17) is 4.74 Å². The van der Waals surface area contributed by atoms with Crippen LogP contribution in [0, 0.1) is 0 Å². The van der Waals surface area contributed by atoms with Gasteiger partial charge in [0.2, 0.25) is 5.91 Å². The summed E-state index contributed by atoms with van der Waals surface area (Å²) in [5.74, 6) is -0.0115. The van der Waals surface area contributed by atoms with Gasteiger partial charge < -0.3 is 20.3 Å². The summed E-state index contributed by atoms with van der Waals surface area (Å²) in [5, 5.41) is 23.4. The second kappa shape index (κ2) is 74.8. The van der Waals surface area contributed by atoms with Gasteiger partial charge in [-0.15, -0.1) is 0 Å². The predicted molar refractivity (Wildman–Crippen MR) is 375 cm³/mol. The molecule has 0 aromatic carbocycles. The van der Waals surface area contributed by atoms with Crippen molar-refractivity contribution < 1.29 is 24.5 Å². The van der Waals surface area contributed by atoms with Gasteiger partial charge in [0.15, 0.2) is 0 Å². The number of hydrogen-bond donors (Lipinski definition) is 3. The van der Waals surface area contributed by atoms with Crippen molar-refractivity contribution in [3.8, 4) is 0 Å². The van der Waals surface area contributed by atoms with E-state index in [2.05, 4.69) is 43.5 Å². The number of amides is 1. The molecule has 0 rings (SSSR count). The number of carbonyl (C=O) groups is 2. The number of unbranched alkanes of at least 4 members (excludes halogenated alkanes) is 59. The monoisotopic (exact) mass is 1200 g/mol. The highest BCUT2D eigenvalue weighted by Crippen LogP contribution is 2.20. The first-order chi connectivity index (χ1) is 42.0. The number of ether oxygens (including phenoxy) is 1. The number of rotatable bonds is 74. The quantitative estimate of drug-likeness (QED) is 0.0320. The van der Waals surface area contributed by atoms with Gasteiger partial charge in [-0.1, -0.05) is 398 Å². The lowest BCUT2D eigenvalue weighted by molar-refractivity contribution is -0.143. The van der Waals surface area contributed by atoms with Gasteiger partial charge in [0.1, 0.15) is 0 Å². The molecule has 0 fully saturated rings. The number of esters is 1. The van der Waals surface area contributed by atoms with Gasteiger partial charge in [-0.25, -0.2) is 0 Å². The van der Waals surface area contributed by atoms with Crippen LogP contribution < -0.4 is 5.32 Å². The highest BCUT2D eigenvalue weighted by atomic mass is 16.5. The van der Waals surface area contributed by atoms with Crippen LogP contribution in [0.5, 0.6) is 0 Å². The summed E-state index contributed by atoms with van der Waals surface area (Å²) in [6.45, 7) is 5.00. The van der Waals surface area contributed by atoms with Gasteiger partial charge in [-0.2, -0.15) is 0 Å². The summed E-state index contributed by atoms with van der Waals surface area (Å²) in [5.41, 5.74) is 0. The van der Waals surface area contributed by atoms with Gasteiger partial charge in [0.05, 0.1) is 25.4 Å². The summed E-state index contributed by atoms with van der Waals surface area (Å²) in [6.07, 6.45) is 95.4. The van der Waals surface area contributed by atoms with E-state index in [1.54, 1.807) is 0 Å². The predicted octanol–water partition coefficient (Wildman–Crippen LogP) is 25.7. The molecule has 0 aromatic heterocycles. The van der Waals surface area contributed by atoms with Crippen molar-refractivity contribution in [1.29, 1.82) is 0 Å². The molecule has 0 radical (unpaired) electrons. The molecule has 3 N–H and O–H groups in total. The van der Waals surface area contributed by atoms with Crippen molar-refractivity contribution in [2.24, 2.45) is 0 Å². The van der Waals surface area contributed by atoms with E-state index in [1.165, 1.54) is 366 Å². The maximum atomic E-state index is 12.6. The molecular formula is C79H153NO5. The molecule has 0 aliphatic rings. The Kier molecular flexibility index (Phi) is 73.3. The van der Waals surface area contributed by atoms with E-state index in [0.717, 1.165) is 44.9 Å². The van der Waals surface area contributed by atoms with E-state index < -0.39 is 12.1 Å². The fraction of sp³-hybridized carbons (Fsp3) is 0.924. The third-order valence-electron chi connectivity index (χ3n) is 18.5. The zero-order valence-electron chi connectivity index (χ0n) is 57.9. The molecule has 85 heavy (non-hydrogen) atoms. The van der Waals surface area contributed by atoms with Gasteiger partial charge in [-0.05, 0) is 57.8 Å². The molecule has 0 aliphatic carbocycles. The van der Waals surface area contributed by atoms with Crippen molar-refractivity contribution >= 4 is 11.9 Å². The molecule has 0 aromatic rings. The molecule has 0 spiro atoms. The zero-order chi connectivity index (χ0) is 61.3. The van der Waals surface area contributed by atoms with Crippen LogP contribution in [-0.2, 0) is 14.3 Å². The Hall–Kier alpha value is -1.66. The minimum Gasteiger partial charge on any atom is -0.466 e. The lowest BCUT2D eigenvalue weighted by atomic mass is 10.0. The largest absolute Gasteiger partial charge is 0.466 e. The molecule has 504 valence electrons. The molecule has 6 nitrogen and oxygen atoms in total. The topological polar surface area (TPSA) is 95.9 Å². The lowest BCUT2D eigenvalue weighted by Gasteiger charge is -2.22. The summed E-state index contributed by atoms with van der Waals surface area (Å²) in [7, 11) is 0. The first-order valence-corrected chi connectivity index (χ1v) is 39.1. The maximum Gasteiger partial charge on any atom is 0.305 e. The van der Waals surface area contributed by atoms with E-state index in [0.29, 0.717) is 25.9 Å². The average molecular weight is 1200 g/mol. The fourth-order valence-corrected chi connectivity index (χ4v) is 12.6. The van der Waals surface area contributed by atoms with Crippen molar-refractivity contribution in [3.63, 3.8) is 0 Å². The normalized spacial score (nSPS) is 12.6. The molecule has 0 heterocycles. The molecule has 0 bridgehead atoms. The minimum atomic E-state index is -0.665. The Morgan fingerprint density at radius 1 is 0.329 bits per heavy atom. The Balaban J connectivity index is 3.38. The van der Waals surface area contributed by atoms with E-state index >= 15 is 0 Å². The third kappa shape index (κ3) is 71.3. The molecule has 6 heteroatoms. The fourth-order valence-electron chi connectivity index (χ4n) is 12.6. The van der Waals surface area contributed by atoms with E-state index in [9.17, 15) is 19.8 Å². The molecular weight excluding hydrogens is 1040 g/mol. The van der Waals surface area contributed by atoms with Crippen LogP contribution in [0.15, 0.2) is 24.3 Å². The number of aliphatic hydroxyl groups excluding tert-OH is 2. The van der Waals surface area contributed by atoms with Crippen LogP contribution in [0.25, 0.3) is 0 Å². The second-order valence-electron chi connectivity index (χ2n) is 27.0. The Bertz CT molecular complexity index is 1330. The van der Waals surface area contributed by atoms with E-state index in [-0.39, 0.29) is 18.5 Å². The highest BCUT2D eigenvalue weighted by Gasteiger charge is 2.20. The third-order valence-corrected chi connectivity index (χ3v) is 18.5. The molecule has 0 saturated heterocycles. The standard InChI is InChI=1S/C79H153NO5/c1-3-5-7-9-11-13-15-17-19-21-22-34-37-40-43-47-51-55-59-63-67-71-77(82)76(75-81)80-78(83)72-68-64-60-56-52-48-44-41-38-35-32-30-28-26-24-23-25-27-29-31-33-36-39-42-46-50-54-58-62-66-70-74-85-79(84)73-69-65-61-57-53-49-45-20-18-16-14-12-10-8-6-4-2/h25,27,31,33,76-77,81-82H,3-24,26,28-30,32,34-75H2,1-2H3,(H,80,83)/b27-25-,33-31-. The van der Waals surface area contributed by atoms with Crippen LogP contribution >= 0.6 is 0 Å². The van der Waals surface area contributed by atoms with Gasteiger partial charge >= 0.3 is 5.97 Å². The van der Waals surface area contributed by atoms with Crippen LogP contribution in [0.2, 0.25) is 0 Å². The van der Waals surface area contributed by atoms with Crippen LogP contribution in [0.3, 0.4) is 0 Å². The number of carbonyl (C=O) groups excluding carboxylic acids is 2. The van der Waals surface area contributed by atoms with E-state index in [1.807, 2.05) is 0 Å². The highest BCUT2D eigenvalue weighted by molar-refractivity contribution is 5.76. The number of aliphatic hydroxyl groups is 2. The first kappa shape index (κ1) is 83.3. The first-order valence-electron chi connectivity index (χ1n) is 39.1. The van der Waals surface area contributed by atoms with Gasteiger partial charge in [-0.3, -0.25) is 9.59 Å². The lowest BCUT2D eigenvalue weighted by Crippen LogP contribution is -2.45. The average Bonchev–Trinajstić information content (AvgIpc) is 3.50. The molecule has 0 aliphatic heterocycles. The van der Waals surface area contributed by atoms with Gasteiger partial charge in [0.25, 0.3) is 0 Å². The van der Waals surface area contributed by atoms with Gasteiger partial charge in [0, 0.05) is 12.8 Å². The van der Waals surface area contributed by atoms with Crippen molar-refractivity contribution in [2.45, 2.75) is 456 Å². The van der Waals surface area contributed by atoms with Crippen molar-refractivity contribution in [2.75, 3.05) is 13.2 Å². The Morgan fingerprint density at radius 2 is 0.588 bits per heavy atom. The summed E-state index contributed by atoms with van der Waals surface area (Å²) in [4.78, 5) is 24.7. The number of nitrogens with one attached hydrogen (secondary N) is 1. The minimum absolute atomic E-state index is 0.0177. The second-order valence-corrected chi connectivity index (χ2v) is 27.0. The van der Waals surface area contributed by atoms with Crippen LogP contribution in [0.1, 0.15) is 444 Å². The summed E-state index contributed by atoms with van der Waals surface area (Å²) >= 11 is 0. The Labute approximate surface area is 532 Å². The van der Waals surface area contributed by atoms with Crippen LogP contribution in [-0.4, -0.2) is 47.4 Å². The molecule has 0 saturated carbocycles. The van der Waals surface area contributed by atoms with Crippen molar-refractivity contribution in [3.05, 3.63) is 24.3 Å². The van der Waals surface area contributed by atoms with Crippen molar-refractivity contribution in [1.82, 2.24) is 5.32 Å². The van der Waals surface area contributed by atoms with Crippen LogP contribution in [0.4, 0.5) is 0 Å².